The Labute approximate surface area is 181 Å². The van der Waals surface area contributed by atoms with Crippen molar-refractivity contribution in [2.45, 2.75) is 45.7 Å². The van der Waals surface area contributed by atoms with Crippen LogP contribution < -0.4 is 5.32 Å². The highest BCUT2D eigenvalue weighted by atomic mass is 19.1. The Morgan fingerprint density at radius 2 is 1.94 bits per heavy atom. The van der Waals surface area contributed by atoms with E-state index in [4.69, 9.17) is 0 Å². The summed E-state index contributed by atoms with van der Waals surface area (Å²) in [6, 6.07) is 5.04. The van der Waals surface area contributed by atoms with E-state index in [0.29, 0.717) is 23.3 Å². The van der Waals surface area contributed by atoms with Crippen LogP contribution in [0.2, 0.25) is 0 Å². The number of nitrogens with one attached hydrogen (secondary N) is 1. The highest BCUT2D eigenvalue weighted by molar-refractivity contribution is 5.90. The molecule has 0 aliphatic carbocycles. The fourth-order valence-electron chi connectivity index (χ4n) is 4.16. The molecule has 3 heterocycles. The zero-order valence-corrected chi connectivity index (χ0v) is 17.7. The fraction of sp³-hybridized carbons (Fsp3) is 0.364. The highest BCUT2D eigenvalue weighted by Crippen LogP contribution is 2.36. The molecule has 162 valence electrons. The molecule has 1 aromatic carbocycles. The van der Waals surface area contributed by atoms with Crippen LogP contribution in [0.25, 0.3) is 11.4 Å². The average Bonchev–Trinajstić information content (AvgIpc) is 2.75. The van der Waals surface area contributed by atoms with E-state index < -0.39 is 5.82 Å². The van der Waals surface area contributed by atoms with Crippen LogP contribution in [-0.2, 0) is 0 Å². The Balaban J connectivity index is 0.00000289. The van der Waals surface area contributed by atoms with Crippen LogP contribution in [0.15, 0.2) is 43.0 Å². The van der Waals surface area contributed by atoms with E-state index in [-0.39, 0.29) is 19.5 Å². The van der Waals surface area contributed by atoms with E-state index >= 15 is 0 Å². The number of likely N-dealkylation sites (tertiary alicyclic amines) is 1. The van der Waals surface area contributed by atoms with Gasteiger partial charge in [-0.25, -0.2) is 24.1 Å². The first-order chi connectivity index (χ1) is 14.9. The van der Waals surface area contributed by atoms with Gasteiger partial charge >= 0.3 is 6.03 Å². The van der Waals surface area contributed by atoms with Crippen LogP contribution in [0.1, 0.15) is 45.5 Å². The third-order valence-corrected chi connectivity index (χ3v) is 5.56. The van der Waals surface area contributed by atoms with Gasteiger partial charge in [0.15, 0.2) is 17.5 Å². The maximum atomic E-state index is 13.3. The molecular formula is C22H26FN7O. The molecule has 1 aliphatic heterocycles. The summed E-state index contributed by atoms with van der Waals surface area (Å²) in [5.41, 5.74) is 2.26. The van der Waals surface area contributed by atoms with Gasteiger partial charge in [0, 0.05) is 24.9 Å². The summed E-state index contributed by atoms with van der Waals surface area (Å²) in [6.07, 6.45) is 7.04. The van der Waals surface area contributed by atoms with Crippen LogP contribution >= 0.6 is 0 Å². The molecule has 4 rings (SSSR count). The first kappa shape index (κ1) is 20.8. The molecule has 0 bridgehead atoms. The second-order valence-electron chi connectivity index (χ2n) is 8.03. The van der Waals surface area contributed by atoms with Gasteiger partial charge in [-0.1, -0.05) is 13.0 Å². The second kappa shape index (κ2) is 8.71. The van der Waals surface area contributed by atoms with Crippen molar-refractivity contribution in [3.8, 4) is 11.4 Å². The minimum Gasteiger partial charge on any atom is -0.311 e. The van der Waals surface area contributed by atoms with Crippen molar-refractivity contribution in [2.75, 3.05) is 5.32 Å². The number of urea groups is 1. The van der Waals surface area contributed by atoms with Gasteiger partial charge in [-0.3, -0.25) is 0 Å². The quantitative estimate of drug-likeness (QED) is 0.670. The number of halogens is 1. The largest absolute Gasteiger partial charge is 0.322 e. The highest BCUT2D eigenvalue weighted by Gasteiger charge is 2.37. The number of piperidine rings is 1. The van der Waals surface area contributed by atoms with Gasteiger partial charge in [0.05, 0.1) is 24.6 Å². The van der Waals surface area contributed by atoms with Crippen LogP contribution in [0.3, 0.4) is 0 Å². The van der Waals surface area contributed by atoms with Crippen LogP contribution in [0.5, 0.6) is 0 Å². The van der Waals surface area contributed by atoms with E-state index in [1.165, 1.54) is 6.20 Å². The Bertz CT molecular complexity index is 1070. The summed E-state index contributed by atoms with van der Waals surface area (Å²) in [4.78, 5) is 27.6. The van der Waals surface area contributed by atoms with E-state index in [1.807, 2.05) is 26.0 Å². The Morgan fingerprint density at radius 1 is 1.16 bits per heavy atom. The molecule has 3 aromatic rings. The number of benzene rings is 1. The third kappa shape index (κ3) is 4.50. The topological polar surface area (TPSA) is 96.8 Å². The van der Waals surface area contributed by atoms with Gasteiger partial charge in [0.25, 0.3) is 0 Å². The predicted molar refractivity (Wildman–Crippen MR) is 116 cm³/mol. The van der Waals surface area contributed by atoms with Crippen LogP contribution in [0, 0.1) is 18.7 Å². The molecular weight excluding hydrogens is 397 g/mol. The van der Waals surface area contributed by atoms with Crippen LogP contribution in [-0.4, -0.2) is 42.1 Å². The number of nitrogens with zero attached hydrogens (tertiary/aromatic N) is 6. The second-order valence-corrected chi connectivity index (χ2v) is 8.03. The summed E-state index contributed by atoms with van der Waals surface area (Å²) in [6.45, 7) is 6.12. The van der Waals surface area contributed by atoms with Crippen LogP contribution in [0.4, 0.5) is 14.9 Å². The molecule has 1 unspecified atom stereocenters. The number of rotatable bonds is 3. The lowest BCUT2D eigenvalue weighted by molar-refractivity contribution is 0.0954. The lowest BCUT2D eigenvalue weighted by Crippen LogP contribution is -2.48. The summed E-state index contributed by atoms with van der Waals surface area (Å²) in [5.74, 6) is 0.884. The molecule has 1 N–H and O–H groups in total. The zero-order chi connectivity index (χ0) is 22.0. The first-order valence-corrected chi connectivity index (χ1v) is 10.2. The molecule has 1 aliphatic rings. The fourth-order valence-corrected chi connectivity index (χ4v) is 4.16. The summed E-state index contributed by atoms with van der Waals surface area (Å²) in [7, 11) is 0. The van der Waals surface area contributed by atoms with Crippen molar-refractivity contribution in [3.05, 3.63) is 60.2 Å². The number of carbonyl (C=O) groups excluding carboxylic acids is 1. The molecule has 2 amide bonds. The van der Waals surface area contributed by atoms with E-state index in [9.17, 15) is 9.18 Å². The zero-order valence-electron chi connectivity index (χ0n) is 17.7. The number of hydrogen-bond acceptors (Lipinski definition) is 6. The van der Waals surface area contributed by atoms with Crippen molar-refractivity contribution < 1.29 is 10.6 Å². The SMILES string of the molecule is Cc1ccc(NC(=O)N2C(c3nccnn3)C[C@@H](C)C[C@H]2C)cc1-c1ncc(F)cn1.[HH]. The molecule has 2 aromatic heterocycles. The monoisotopic (exact) mass is 423 g/mol. The minimum atomic E-state index is -0.497. The summed E-state index contributed by atoms with van der Waals surface area (Å²) >= 11 is 0. The Hall–Kier alpha value is -3.49. The first-order valence-electron chi connectivity index (χ1n) is 10.2. The molecule has 1 saturated heterocycles. The van der Waals surface area contributed by atoms with Crippen molar-refractivity contribution in [2.24, 2.45) is 5.92 Å². The van der Waals surface area contributed by atoms with Gasteiger partial charge in [0.2, 0.25) is 0 Å². The number of aromatic nitrogens is 5. The van der Waals surface area contributed by atoms with Gasteiger partial charge in [-0.05, 0) is 50.3 Å². The maximum absolute atomic E-state index is 13.3. The van der Waals surface area contributed by atoms with E-state index in [0.717, 1.165) is 36.4 Å². The maximum Gasteiger partial charge on any atom is 0.322 e. The number of carbonyl (C=O) groups is 1. The normalized spacial score (nSPS) is 21.0. The number of hydrogen-bond donors (Lipinski definition) is 1. The number of anilines is 1. The van der Waals surface area contributed by atoms with Crippen molar-refractivity contribution in [1.82, 2.24) is 30.0 Å². The lowest BCUT2D eigenvalue weighted by atomic mass is 9.87. The van der Waals surface area contributed by atoms with Crippen molar-refractivity contribution >= 4 is 11.7 Å². The summed E-state index contributed by atoms with van der Waals surface area (Å²) < 4.78 is 13.2. The molecule has 9 heteroatoms. The number of amides is 2. The van der Waals surface area contributed by atoms with Gasteiger partial charge in [-0.15, -0.1) is 5.10 Å². The van der Waals surface area contributed by atoms with E-state index in [1.54, 1.807) is 17.2 Å². The lowest BCUT2D eigenvalue weighted by Gasteiger charge is -2.42. The molecule has 0 radical (unpaired) electrons. The van der Waals surface area contributed by atoms with Crippen molar-refractivity contribution in [1.29, 1.82) is 0 Å². The Kier molecular flexibility index (Phi) is 5.83. The average molecular weight is 423 g/mol. The minimum absolute atomic E-state index is 0. The summed E-state index contributed by atoms with van der Waals surface area (Å²) in [5, 5.41) is 11.1. The predicted octanol–water partition coefficient (Wildman–Crippen LogP) is 4.42. The van der Waals surface area contributed by atoms with Crippen molar-refractivity contribution in [3.63, 3.8) is 0 Å². The molecule has 8 nitrogen and oxygen atoms in total. The smallest absolute Gasteiger partial charge is 0.311 e. The Morgan fingerprint density at radius 3 is 2.65 bits per heavy atom. The molecule has 0 saturated carbocycles. The number of aryl methyl sites for hydroxylation is 1. The molecule has 1 fully saturated rings. The van der Waals surface area contributed by atoms with Gasteiger partial charge in [0.1, 0.15) is 0 Å². The third-order valence-electron chi connectivity index (χ3n) is 5.56. The standard InChI is InChI=1S/C22H24FN7O.H2/c1-13-8-15(3)30(19(9-13)21-24-6-7-27-29-21)22(31)28-17-5-4-14(2)18(10-17)20-25-11-16(23)12-26-20;/h4-7,10-13,15,19H,8-9H2,1-3H3,(H,28,31);1H/t13-,15+,19?;/m0./s1. The van der Waals surface area contributed by atoms with E-state index in [2.05, 4.69) is 37.4 Å². The molecule has 0 spiro atoms. The van der Waals surface area contributed by atoms with Gasteiger partial charge in [-0.2, -0.15) is 5.10 Å². The molecule has 31 heavy (non-hydrogen) atoms. The van der Waals surface area contributed by atoms with Gasteiger partial charge < -0.3 is 10.2 Å². The molecule has 3 atom stereocenters.